The van der Waals surface area contributed by atoms with Gasteiger partial charge < -0.3 is 15.0 Å². The molecule has 0 radical (unpaired) electrons. The summed E-state index contributed by atoms with van der Waals surface area (Å²) in [7, 11) is 0. The number of fused-ring (bicyclic) bond motifs is 1. The summed E-state index contributed by atoms with van der Waals surface area (Å²) in [6.45, 7) is 2.76. The minimum absolute atomic E-state index is 0.386. The van der Waals surface area contributed by atoms with Crippen LogP contribution in [0.15, 0.2) is 24.3 Å². The Bertz CT molecular complexity index is 651. The number of carbonyl (C=O) groups excluding carboxylic acids is 1. The van der Waals surface area contributed by atoms with E-state index < -0.39 is 15.9 Å². The third-order valence-corrected chi connectivity index (χ3v) is 6.18. The minimum atomic E-state index is -1.77. The number of halogens is 4. The Hall–Kier alpha value is -0.230. The Morgan fingerprint density at radius 1 is 1.22 bits per heavy atom. The molecular weight excluding hydrogens is 430 g/mol. The number of hydrogen-bond acceptors (Lipinski definition) is 3. The highest BCUT2D eigenvalue weighted by Gasteiger charge is 2.38. The molecule has 1 aromatic carbocycles. The lowest BCUT2D eigenvalue weighted by Crippen LogP contribution is -2.51. The van der Waals surface area contributed by atoms with E-state index in [1.165, 1.54) is 19.3 Å². The van der Waals surface area contributed by atoms with E-state index in [0.29, 0.717) is 29.2 Å². The predicted molar refractivity (Wildman–Crippen MR) is 111 cm³/mol. The van der Waals surface area contributed by atoms with Crippen LogP contribution in [0, 0.1) is 5.92 Å². The molecule has 3 rings (SSSR count). The Morgan fingerprint density at radius 3 is 2.74 bits per heavy atom. The number of nitrogens with zero attached hydrogens (tertiary/aromatic N) is 1. The first-order valence-corrected chi connectivity index (χ1v) is 10.8. The lowest BCUT2D eigenvalue weighted by Gasteiger charge is -2.44. The third kappa shape index (κ3) is 5.88. The van der Waals surface area contributed by atoms with Crippen molar-refractivity contribution < 1.29 is 9.53 Å². The minimum Gasteiger partial charge on any atom is -0.354 e. The van der Waals surface area contributed by atoms with E-state index in [-0.39, 0.29) is 0 Å². The third-order valence-electron chi connectivity index (χ3n) is 5.35. The summed E-state index contributed by atoms with van der Waals surface area (Å²) in [4.78, 5) is 15.1. The summed E-state index contributed by atoms with van der Waals surface area (Å²) in [5.74, 6) is -0.00580. The van der Waals surface area contributed by atoms with Gasteiger partial charge in [0, 0.05) is 16.6 Å². The molecule has 0 spiro atoms. The van der Waals surface area contributed by atoms with E-state index in [9.17, 15) is 4.79 Å². The molecule has 2 fully saturated rings. The van der Waals surface area contributed by atoms with Gasteiger partial charge in [-0.05, 0) is 62.9 Å². The van der Waals surface area contributed by atoms with Crippen LogP contribution in [0.2, 0.25) is 5.02 Å². The zero-order valence-electron chi connectivity index (χ0n) is 15.0. The van der Waals surface area contributed by atoms with Crippen molar-refractivity contribution in [3.63, 3.8) is 0 Å². The summed E-state index contributed by atoms with van der Waals surface area (Å²) in [6, 6.07) is 7.13. The molecule has 3 atom stereocenters. The molecule has 1 aromatic rings. The molecule has 0 saturated carbocycles. The van der Waals surface area contributed by atoms with E-state index in [0.717, 1.165) is 25.9 Å². The summed E-state index contributed by atoms with van der Waals surface area (Å²) in [6.07, 6.45) is 4.90. The van der Waals surface area contributed by atoms with Crippen LogP contribution in [-0.4, -0.2) is 46.6 Å². The zero-order valence-corrected chi connectivity index (χ0v) is 18.0. The quantitative estimate of drug-likeness (QED) is 0.501. The molecule has 0 unspecified atom stereocenters. The van der Waals surface area contributed by atoms with Gasteiger partial charge in [0.05, 0.1) is 6.61 Å². The van der Waals surface area contributed by atoms with E-state index in [1.807, 2.05) is 0 Å². The summed E-state index contributed by atoms with van der Waals surface area (Å²) < 4.78 is 4.16. The fraction of sp³-hybridized carbons (Fsp3) is 0.632. The van der Waals surface area contributed by atoms with Crippen LogP contribution in [0.4, 0.5) is 0 Å². The van der Waals surface area contributed by atoms with Crippen molar-refractivity contribution in [1.82, 2.24) is 10.2 Å². The van der Waals surface area contributed by atoms with E-state index in [4.69, 9.17) is 51.1 Å². The number of alkyl halides is 3. The Kier molecular flexibility index (Phi) is 7.57. The van der Waals surface area contributed by atoms with Crippen LogP contribution >= 0.6 is 46.4 Å². The molecule has 150 valence electrons. The van der Waals surface area contributed by atoms with Crippen LogP contribution in [0.5, 0.6) is 0 Å². The molecule has 1 amide bonds. The van der Waals surface area contributed by atoms with Crippen molar-refractivity contribution in [2.75, 3.05) is 19.7 Å². The average Bonchev–Trinajstić information content (AvgIpc) is 2.64. The number of amides is 1. The molecule has 0 aliphatic carbocycles. The fourth-order valence-corrected chi connectivity index (χ4v) is 4.58. The average molecular weight is 454 g/mol. The van der Waals surface area contributed by atoms with Crippen molar-refractivity contribution in [2.45, 2.75) is 48.2 Å². The van der Waals surface area contributed by atoms with Gasteiger partial charge in [0.25, 0.3) is 5.91 Å². The van der Waals surface area contributed by atoms with Crippen LogP contribution in [0.3, 0.4) is 0 Å². The van der Waals surface area contributed by atoms with Gasteiger partial charge in [-0.2, -0.15) is 0 Å². The molecule has 2 aliphatic rings. The van der Waals surface area contributed by atoms with Gasteiger partial charge in [-0.25, -0.2) is 0 Å². The SMILES string of the molecule is O=C(N[C@H](OC[C@@H]1CCCN2CCCC[C@H]12)C(Cl)(Cl)Cl)c1cccc(Cl)c1. The first-order chi connectivity index (χ1) is 12.8. The second-order valence-electron chi connectivity index (χ2n) is 7.24. The number of hydrogen-bond donors (Lipinski definition) is 1. The molecule has 2 heterocycles. The zero-order chi connectivity index (χ0) is 19.4. The number of benzene rings is 1. The van der Waals surface area contributed by atoms with Gasteiger partial charge >= 0.3 is 0 Å². The predicted octanol–water partition coefficient (Wildman–Crippen LogP) is 5.05. The lowest BCUT2D eigenvalue weighted by molar-refractivity contribution is -0.0325. The Balaban J connectivity index is 1.62. The standard InChI is InChI=1S/C19H24Cl4N2O2/c20-15-7-3-5-13(11-15)17(26)24-18(19(21,22)23)27-12-14-6-4-10-25-9-2-1-8-16(14)25/h3,5,7,11,14,16,18H,1-2,4,6,8-10,12H2,(H,24,26)/t14-,16+,18+/m0/s1. The van der Waals surface area contributed by atoms with Gasteiger partial charge in [-0.1, -0.05) is 58.9 Å². The summed E-state index contributed by atoms with van der Waals surface area (Å²) in [5.41, 5.74) is 0.390. The Morgan fingerprint density at radius 2 is 2.00 bits per heavy atom. The molecule has 2 aliphatic heterocycles. The second-order valence-corrected chi connectivity index (χ2v) is 10.0. The van der Waals surface area contributed by atoms with Crippen LogP contribution in [-0.2, 0) is 4.74 Å². The smallest absolute Gasteiger partial charge is 0.253 e. The monoisotopic (exact) mass is 452 g/mol. The van der Waals surface area contributed by atoms with Gasteiger partial charge in [-0.3, -0.25) is 4.79 Å². The molecule has 27 heavy (non-hydrogen) atoms. The molecule has 1 N–H and O–H groups in total. The number of rotatable bonds is 5. The van der Waals surface area contributed by atoms with E-state index >= 15 is 0 Å². The highest BCUT2D eigenvalue weighted by Crippen LogP contribution is 2.34. The number of piperidine rings is 2. The topological polar surface area (TPSA) is 41.6 Å². The van der Waals surface area contributed by atoms with E-state index in [2.05, 4.69) is 10.2 Å². The second kappa shape index (κ2) is 9.51. The molecule has 0 aromatic heterocycles. The van der Waals surface area contributed by atoms with Gasteiger partial charge in [0.2, 0.25) is 3.79 Å². The maximum Gasteiger partial charge on any atom is 0.253 e. The molecule has 8 heteroatoms. The molecular formula is C19H24Cl4N2O2. The number of nitrogens with one attached hydrogen (secondary N) is 1. The summed E-state index contributed by atoms with van der Waals surface area (Å²) >= 11 is 24.2. The maximum absolute atomic E-state index is 12.5. The maximum atomic E-state index is 12.5. The lowest BCUT2D eigenvalue weighted by atomic mass is 9.84. The number of carbonyl (C=O) groups is 1. The van der Waals surface area contributed by atoms with Crippen LogP contribution < -0.4 is 5.32 Å². The summed E-state index contributed by atoms with van der Waals surface area (Å²) in [5, 5.41) is 3.15. The largest absolute Gasteiger partial charge is 0.354 e. The first-order valence-electron chi connectivity index (χ1n) is 9.33. The number of ether oxygens (including phenoxy) is 1. The fourth-order valence-electron chi connectivity index (χ4n) is 4.04. The van der Waals surface area contributed by atoms with Gasteiger partial charge in [-0.15, -0.1) is 0 Å². The van der Waals surface area contributed by atoms with Crippen molar-refractivity contribution in [1.29, 1.82) is 0 Å². The van der Waals surface area contributed by atoms with E-state index in [1.54, 1.807) is 24.3 Å². The molecule has 0 bridgehead atoms. The van der Waals surface area contributed by atoms with Crippen molar-refractivity contribution in [3.8, 4) is 0 Å². The van der Waals surface area contributed by atoms with Crippen LogP contribution in [0.25, 0.3) is 0 Å². The van der Waals surface area contributed by atoms with Gasteiger partial charge in [0.1, 0.15) is 0 Å². The van der Waals surface area contributed by atoms with Crippen molar-refractivity contribution in [2.24, 2.45) is 5.92 Å². The highest BCUT2D eigenvalue weighted by atomic mass is 35.6. The Labute approximate surface area is 180 Å². The molecule has 2 saturated heterocycles. The van der Waals surface area contributed by atoms with Crippen molar-refractivity contribution >= 4 is 52.3 Å². The van der Waals surface area contributed by atoms with Crippen molar-refractivity contribution in [3.05, 3.63) is 34.9 Å². The highest BCUT2D eigenvalue weighted by molar-refractivity contribution is 6.68. The van der Waals surface area contributed by atoms with Gasteiger partial charge in [0.15, 0.2) is 6.23 Å². The normalized spacial score (nSPS) is 24.9. The first kappa shape index (κ1) is 21.5. The molecule has 4 nitrogen and oxygen atoms in total. The van der Waals surface area contributed by atoms with Crippen LogP contribution in [0.1, 0.15) is 42.5 Å².